The number of nitrogens with zero attached hydrogens (tertiary/aromatic N) is 3. The van der Waals surface area contributed by atoms with Gasteiger partial charge in [0.2, 0.25) is 0 Å². The van der Waals surface area contributed by atoms with Crippen LogP contribution in [0.5, 0.6) is 0 Å². The van der Waals surface area contributed by atoms with Crippen molar-refractivity contribution in [1.82, 2.24) is 14.7 Å². The van der Waals surface area contributed by atoms with Gasteiger partial charge >= 0.3 is 0 Å². The highest BCUT2D eigenvalue weighted by Gasteiger charge is 2.26. The van der Waals surface area contributed by atoms with E-state index in [-0.39, 0.29) is 5.92 Å². The van der Waals surface area contributed by atoms with E-state index < -0.39 is 0 Å². The van der Waals surface area contributed by atoms with Crippen molar-refractivity contribution in [3.05, 3.63) is 0 Å². The number of rotatable bonds is 6. The van der Waals surface area contributed by atoms with Crippen LogP contribution in [-0.4, -0.2) is 93.6 Å². The normalized spacial score (nSPS) is 26.2. The van der Waals surface area contributed by atoms with Crippen LogP contribution in [0.1, 0.15) is 6.42 Å². The molecule has 0 aliphatic carbocycles. The van der Waals surface area contributed by atoms with Crippen molar-refractivity contribution in [2.75, 3.05) is 73.1 Å². The maximum Gasteiger partial charge on any atom is 0.152 e. The Kier molecular flexibility index (Phi) is 5.76. The molecule has 0 aromatic carbocycles. The lowest BCUT2D eigenvalue weighted by Gasteiger charge is -2.35. The topological polar surface area (TPSA) is 36.0 Å². The summed E-state index contributed by atoms with van der Waals surface area (Å²) in [7, 11) is 4.22. The Bertz CT molecular complexity index is 282. The largest absolute Gasteiger partial charge is 0.381 e. The first-order valence-electron chi connectivity index (χ1n) is 7.35. The van der Waals surface area contributed by atoms with E-state index in [1.165, 1.54) is 0 Å². The fourth-order valence-corrected chi connectivity index (χ4v) is 2.65. The Morgan fingerprint density at radius 1 is 1.21 bits per heavy atom. The summed E-state index contributed by atoms with van der Waals surface area (Å²) in [6.45, 7) is 8.47. The van der Waals surface area contributed by atoms with Crippen molar-refractivity contribution < 1.29 is 9.53 Å². The molecular weight excluding hydrogens is 242 g/mol. The van der Waals surface area contributed by atoms with Gasteiger partial charge in [-0.2, -0.15) is 0 Å². The molecule has 2 rings (SSSR count). The zero-order valence-electron chi connectivity index (χ0n) is 12.3. The standard InChI is InChI=1S/C14H27N3O2/c1-15(2)4-5-16-6-8-17(9-7-16)11-14(18)13-3-10-19-12-13/h13H,3-12H2,1-2H3. The number of hydrogen-bond acceptors (Lipinski definition) is 5. The highest BCUT2D eigenvalue weighted by molar-refractivity contribution is 5.83. The molecule has 110 valence electrons. The van der Waals surface area contributed by atoms with Crippen molar-refractivity contribution in [3.8, 4) is 0 Å². The molecule has 2 fully saturated rings. The van der Waals surface area contributed by atoms with Gasteiger partial charge in [-0.15, -0.1) is 0 Å². The average molecular weight is 269 g/mol. The van der Waals surface area contributed by atoms with E-state index >= 15 is 0 Å². The summed E-state index contributed by atoms with van der Waals surface area (Å²) in [5, 5.41) is 0. The van der Waals surface area contributed by atoms with Gasteiger partial charge in [0.25, 0.3) is 0 Å². The number of Topliss-reactive ketones (excluding diaryl/α,β-unsaturated/α-hetero) is 1. The van der Waals surface area contributed by atoms with Crippen LogP contribution >= 0.6 is 0 Å². The van der Waals surface area contributed by atoms with E-state index in [1.807, 2.05) is 0 Å². The van der Waals surface area contributed by atoms with Crippen LogP contribution in [0, 0.1) is 5.92 Å². The number of carbonyl (C=O) groups excluding carboxylic acids is 1. The summed E-state index contributed by atoms with van der Waals surface area (Å²) >= 11 is 0. The zero-order chi connectivity index (χ0) is 13.7. The average Bonchev–Trinajstić information content (AvgIpc) is 2.92. The van der Waals surface area contributed by atoms with Gasteiger partial charge in [-0.3, -0.25) is 14.6 Å². The molecule has 19 heavy (non-hydrogen) atoms. The van der Waals surface area contributed by atoms with Crippen molar-refractivity contribution in [2.45, 2.75) is 6.42 Å². The van der Waals surface area contributed by atoms with Gasteiger partial charge in [0.1, 0.15) is 0 Å². The van der Waals surface area contributed by atoms with Gasteiger partial charge in [0, 0.05) is 51.8 Å². The number of hydrogen-bond donors (Lipinski definition) is 0. The smallest absolute Gasteiger partial charge is 0.152 e. The van der Waals surface area contributed by atoms with E-state index in [9.17, 15) is 4.79 Å². The van der Waals surface area contributed by atoms with E-state index in [0.717, 1.165) is 52.3 Å². The molecule has 2 aliphatic rings. The maximum atomic E-state index is 12.1. The van der Waals surface area contributed by atoms with E-state index in [2.05, 4.69) is 28.8 Å². The van der Waals surface area contributed by atoms with Crippen molar-refractivity contribution in [3.63, 3.8) is 0 Å². The molecule has 0 amide bonds. The van der Waals surface area contributed by atoms with Gasteiger partial charge in [0.15, 0.2) is 5.78 Å². The van der Waals surface area contributed by atoms with Crippen LogP contribution < -0.4 is 0 Å². The number of ether oxygens (including phenoxy) is 1. The third kappa shape index (κ3) is 4.84. The first kappa shape index (κ1) is 14.9. The molecule has 2 saturated heterocycles. The first-order valence-corrected chi connectivity index (χ1v) is 7.35. The minimum atomic E-state index is 0.159. The van der Waals surface area contributed by atoms with Gasteiger partial charge in [-0.1, -0.05) is 0 Å². The summed E-state index contributed by atoms with van der Waals surface area (Å²) in [6.07, 6.45) is 0.918. The highest BCUT2D eigenvalue weighted by Crippen LogP contribution is 2.14. The van der Waals surface area contributed by atoms with E-state index in [1.54, 1.807) is 0 Å². The molecular formula is C14H27N3O2. The monoisotopic (exact) mass is 269 g/mol. The molecule has 1 unspecified atom stereocenters. The fourth-order valence-electron chi connectivity index (χ4n) is 2.65. The Hall–Kier alpha value is -0.490. The summed E-state index contributed by atoms with van der Waals surface area (Å²) in [6, 6.07) is 0. The van der Waals surface area contributed by atoms with Crippen LogP contribution in [-0.2, 0) is 9.53 Å². The van der Waals surface area contributed by atoms with Crippen LogP contribution in [0.4, 0.5) is 0 Å². The summed E-state index contributed by atoms with van der Waals surface area (Å²) in [5.74, 6) is 0.533. The quantitative estimate of drug-likeness (QED) is 0.666. The molecule has 1 atom stereocenters. The Morgan fingerprint density at radius 3 is 2.47 bits per heavy atom. The van der Waals surface area contributed by atoms with Crippen LogP contribution in [0.3, 0.4) is 0 Å². The van der Waals surface area contributed by atoms with E-state index in [4.69, 9.17) is 4.74 Å². The van der Waals surface area contributed by atoms with Crippen molar-refractivity contribution in [1.29, 1.82) is 0 Å². The molecule has 0 saturated carbocycles. The number of likely N-dealkylation sites (N-methyl/N-ethyl adjacent to an activating group) is 1. The van der Waals surface area contributed by atoms with E-state index in [0.29, 0.717) is 18.9 Å². The van der Waals surface area contributed by atoms with Gasteiger partial charge < -0.3 is 9.64 Å². The third-order valence-electron chi connectivity index (χ3n) is 4.09. The minimum Gasteiger partial charge on any atom is -0.381 e. The Labute approximate surface area is 116 Å². The van der Waals surface area contributed by atoms with Crippen molar-refractivity contribution >= 4 is 5.78 Å². The number of carbonyl (C=O) groups is 1. The Balaban J connectivity index is 1.64. The van der Waals surface area contributed by atoms with Crippen molar-refractivity contribution in [2.24, 2.45) is 5.92 Å². The van der Waals surface area contributed by atoms with Crippen LogP contribution in [0.15, 0.2) is 0 Å². The number of piperazine rings is 1. The molecule has 0 radical (unpaired) electrons. The van der Waals surface area contributed by atoms with Crippen LogP contribution in [0.25, 0.3) is 0 Å². The second-order valence-corrected chi connectivity index (χ2v) is 5.95. The second-order valence-electron chi connectivity index (χ2n) is 5.95. The first-order chi connectivity index (χ1) is 9.15. The molecule has 0 aromatic heterocycles. The summed E-state index contributed by atoms with van der Waals surface area (Å²) in [4.78, 5) is 19.1. The molecule has 2 heterocycles. The molecule has 5 heteroatoms. The van der Waals surface area contributed by atoms with Gasteiger partial charge in [0.05, 0.1) is 13.2 Å². The third-order valence-corrected chi connectivity index (χ3v) is 4.09. The van der Waals surface area contributed by atoms with Crippen LogP contribution in [0.2, 0.25) is 0 Å². The predicted octanol–water partition coefficient (Wildman–Crippen LogP) is -0.229. The molecule has 0 spiro atoms. The molecule has 0 bridgehead atoms. The lowest BCUT2D eigenvalue weighted by atomic mass is 10.0. The summed E-state index contributed by atoms with van der Waals surface area (Å²) < 4.78 is 5.29. The predicted molar refractivity (Wildman–Crippen MR) is 75.4 cm³/mol. The van der Waals surface area contributed by atoms with Gasteiger partial charge in [-0.25, -0.2) is 0 Å². The molecule has 0 N–H and O–H groups in total. The second kappa shape index (κ2) is 7.33. The molecule has 2 aliphatic heterocycles. The highest BCUT2D eigenvalue weighted by atomic mass is 16.5. The SMILES string of the molecule is CN(C)CCN1CCN(CC(=O)C2CCOC2)CC1. The minimum absolute atomic E-state index is 0.159. The Morgan fingerprint density at radius 2 is 1.89 bits per heavy atom. The lowest BCUT2D eigenvalue weighted by molar-refractivity contribution is -0.124. The summed E-state index contributed by atoms with van der Waals surface area (Å²) in [5.41, 5.74) is 0. The number of ketones is 1. The fraction of sp³-hybridized carbons (Fsp3) is 0.929. The maximum absolute atomic E-state index is 12.1. The lowest BCUT2D eigenvalue weighted by Crippen LogP contribution is -2.49. The molecule has 0 aromatic rings. The molecule has 5 nitrogen and oxygen atoms in total. The zero-order valence-corrected chi connectivity index (χ0v) is 12.3. The van der Waals surface area contributed by atoms with Gasteiger partial charge in [-0.05, 0) is 20.5 Å².